The van der Waals surface area contributed by atoms with Crippen LogP contribution in [0.25, 0.3) is 6.08 Å². The Morgan fingerprint density at radius 3 is 2.70 bits per heavy atom. The van der Waals surface area contributed by atoms with E-state index < -0.39 is 0 Å². The van der Waals surface area contributed by atoms with Gasteiger partial charge in [-0.3, -0.25) is 0 Å². The van der Waals surface area contributed by atoms with E-state index in [0.29, 0.717) is 11.8 Å². The van der Waals surface area contributed by atoms with Gasteiger partial charge in [-0.2, -0.15) is 0 Å². The fraction of sp³-hybridized carbons (Fsp3) is 0.556. The molecule has 0 spiro atoms. The van der Waals surface area contributed by atoms with Gasteiger partial charge >= 0.3 is 0 Å². The van der Waals surface area contributed by atoms with Crippen LogP contribution in [0.4, 0.5) is 0 Å². The minimum atomic E-state index is 0.208. The Bertz CT molecular complexity index is 444. The lowest BCUT2D eigenvalue weighted by Gasteiger charge is -2.23. The number of benzene rings is 1. The molecule has 0 unspecified atom stereocenters. The topological polar surface area (TPSA) is 9.23 Å². The van der Waals surface area contributed by atoms with Crippen LogP contribution in [-0.4, -0.2) is 12.0 Å². The van der Waals surface area contributed by atoms with Crippen molar-refractivity contribution < 1.29 is 4.74 Å². The molecule has 1 nitrogen and oxygen atoms in total. The first-order valence-electron chi connectivity index (χ1n) is 7.72. The standard InChI is InChI=1S/C18H25ClO/c1-14(2)20-18-10-6-7-15(12-18)11-17(13-19)16-8-4-3-5-9-16/h6-7,10-12,14,16H,3-5,8-9,13H2,1-2H3/b17-11-. The van der Waals surface area contributed by atoms with Crippen LogP contribution in [0.2, 0.25) is 0 Å². The van der Waals surface area contributed by atoms with Gasteiger partial charge in [0.25, 0.3) is 0 Å². The molecule has 0 atom stereocenters. The van der Waals surface area contributed by atoms with Crippen LogP contribution in [0.3, 0.4) is 0 Å². The predicted octanol–water partition coefficient (Wildman–Crippen LogP) is 5.68. The molecule has 2 heteroatoms. The Labute approximate surface area is 128 Å². The molecule has 1 aliphatic carbocycles. The molecular weight excluding hydrogens is 268 g/mol. The van der Waals surface area contributed by atoms with Crippen molar-refractivity contribution in [1.29, 1.82) is 0 Å². The fourth-order valence-electron chi connectivity index (χ4n) is 2.90. The Hall–Kier alpha value is -0.950. The van der Waals surface area contributed by atoms with E-state index in [1.165, 1.54) is 43.2 Å². The molecule has 0 N–H and O–H groups in total. The van der Waals surface area contributed by atoms with Crippen LogP contribution in [0.5, 0.6) is 5.75 Å². The molecule has 1 fully saturated rings. The van der Waals surface area contributed by atoms with E-state index in [4.69, 9.17) is 16.3 Å². The van der Waals surface area contributed by atoms with E-state index in [1.807, 2.05) is 6.07 Å². The molecule has 20 heavy (non-hydrogen) atoms. The lowest BCUT2D eigenvalue weighted by Crippen LogP contribution is -2.10. The third-order valence-corrected chi connectivity index (χ3v) is 4.17. The molecule has 1 aliphatic rings. The summed E-state index contributed by atoms with van der Waals surface area (Å²) < 4.78 is 5.75. The van der Waals surface area contributed by atoms with Gasteiger partial charge in [-0.15, -0.1) is 11.6 Å². The molecule has 2 rings (SSSR count). The van der Waals surface area contributed by atoms with E-state index in [2.05, 4.69) is 38.1 Å². The molecule has 0 radical (unpaired) electrons. The van der Waals surface area contributed by atoms with Crippen molar-refractivity contribution in [1.82, 2.24) is 0 Å². The number of hydrogen-bond donors (Lipinski definition) is 0. The summed E-state index contributed by atoms with van der Waals surface area (Å²) in [7, 11) is 0. The molecule has 0 aliphatic heterocycles. The number of halogens is 1. The zero-order valence-corrected chi connectivity index (χ0v) is 13.3. The maximum absolute atomic E-state index is 6.18. The average Bonchev–Trinajstić information content (AvgIpc) is 2.45. The monoisotopic (exact) mass is 292 g/mol. The van der Waals surface area contributed by atoms with Crippen molar-refractivity contribution in [2.75, 3.05) is 5.88 Å². The number of ether oxygens (including phenoxy) is 1. The van der Waals surface area contributed by atoms with Crippen molar-refractivity contribution in [2.45, 2.75) is 52.1 Å². The summed E-state index contributed by atoms with van der Waals surface area (Å²) in [6.45, 7) is 4.10. The minimum absolute atomic E-state index is 0.208. The van der Waals surface area contributed by atoms with E-state index in [0.717, 1.165) is 5.75 Å². The van der Waals surface area contributed by atoms with Gasteiger partial charge in [-0.05, 0) is 50.3 Å². The van der Waals surface area contributed by atoms with Crippen LogP contribution in [0, 0.1) is 5.92 Å². The summed E-state index contributed by atoms with van der Waals surface area (Å²) in [5, 5.41) is 0. The second-order valence-electron chi connectivity index (χ2n) is 5.93. The van der Waals surface area contributed by atoms with Gasteiger partial charge in [0, 0.05) is 5.88 Å². The van der Waals surface area contributed by atoms with E-state index in [-0.39, 0.29) is 6.10 Å². The summed E-state index contributed by atoms with van der Waals surface area (Å²) in [4.78, 5) is 0. The van der Waals surface area contributed by atoms with E-state index in [9.17, 15) is 0 Å². The highest BCUT2D eigenvalue weighted by atomic mass is 35.5. The Morgan fingerprint density at radius 2 is 2.05 bits per heavy atom. The van der Waals surface area contributed by atoms with Gasteiger partial charge in [0.1, 0.15) is 5.75 Å². The Morgan fingerprint density at radius 1 is 1.30 bits per heavy atom. The SMILES string of the molecule is CC(C)Oc1cccc(/C=C(/CCl)C2CCCCC2)c1. The first kappa shape index (κ1) is 15.4. The van der Waals surface area contributed by atoms with Crippen LogP contribution in [-0.2, 0) is 0 Å². The van der Waals surface area contributed by atoms with Crippen LogP contribution in [0.1, 0.15) is 51.5 Å². The van der Waals surface area contributed by atoms with Gasteiger partial charge in [-0.1, -0.05) is 43.0 Å². The molecule has 0 bridgehead atoms. The van der Waals surface area contributed by atoms with Crippen LogP contribution >= 0.6 is 11.6 Å². The molecule has 0 heterocycles. The lowest BCUT2D eigenvalue weighted by atomic mass is 9.83. The summed E-state index contributed by atoms with van der Waals surface area (Å²) in [6.07, 6.45) is 9.12. The fourth-order valence-corrected chi connectivity index (χ4v) is 3.20. The van der Waals surface area contributed by atoms with Gasteiger partial charge in [0.2, 0.25) is 0 Å². The van der Waals surface area contributed by atoms with Gasteiger partial charge in [0.15, 0.2) is 0 Å². The van der Waals surface area contributed by atoms with Gasteiger partial charge in [-0.25, -0.2) is 0 Å². The summed E-state index contributed by atoms with van der Waals surface area (Å²) in [5.74, 6) is 2.25. The second-order valence-corrected chi connectivity index (χ2v) is 6.19. The zero-order valence-electron chi connectivity index (χ0n) is 12.6. The van der Waals surface area contributed by atoms with Crippen molar-refractivity contribution in [3.8, 4) is 5.75 Å². The Kier molecular flexibility index (Phi) is 5.97. The van der Waals surface area contributed by atoms with Gasteiger partial charge < -0.3 is 4.74 Å². The third kappa shape index (κ3) is 4.56. The van der Waals surface area contributed by atoms with Crippen LogP contribution < -0.4 is 4.74 Å². The average molecular weight is 293 g/mol. The largest absolute Gasteiger partial charge is 0.491 e. The molecule has 1 saturated carbocycles. The zero-order chi connectivity index (χ0) is 14.4. The summed E-state index contributed by atoms with van der Waals surface area (Å²) in [5.41, 5.74) is 2.58. The third-order valence-electron chi connectivity index (χ3n) is 3.87. The number of hydrogen-bond acceptors (Lipinski definition) is 1. The lowest BCUT2D eigenvalue weighted by molar-refractivity contribution is 0.242. The quantitative estimate of drug-likeness (QED) is 0.635. The summed E-state index contributed by atoms with van der Waals surface area (Å²) >= 11 is 6.18. The number of allylic oxidation sites excluding steroid dienone is 1. The number of rotatable bonds is 5. The van der Waals surface area contributed by atoms with Crippen molar-refractivity contribution in [2.24, 2.45) is 5.92 Å². The van der Waals surface area contributed by atoms with E-state index in [1.54, 1.807) is 0 Å². The molecular formula is C18H25ClO. The first-order chi connectivity index (χ1) is 9.69. The molecule has 1 aromatic carbocycles. The van der Waals surface area contributed by atoms with Crippen molar-refractivity contribution in [3.05, 3.63) is 35.4 Å². The Balaban J connectivity index is 2.14. The molecule has 0 saturated heterocycles. The highest BCUT2D eigenvalue weighted by Crippen LogP contribution is 2.31. The maximum Gasteiger partial charge on any atom is 0.120 e. The smallest absolute Gasteiger partial charge is 0.120 e. The molecule has 1 aromatic rings. The first-order valence-corrected chi connectivity index (χ1v) is 8.25. The summed E-state index contributed by atoms with van der Waals surface area (Å²) in [6, 6.07) is 8.30. The maximum atomic E-state index is 6.18. The molecule has 110 valence electrons. The normalized spacial score (nSPS) is 17.5. The van der Waals surface area contributed by atoms with Crippen molar-refractivity contribution >= 4 is 17.7 Å². The van der Waals surface area contributed by atoms with Gasteiger partial charge in [0.05, 0.1) is 6.10 Å². The second kappa shape index (κ2) is 7.73. The van der Waals surface area contributed by atoms with E-state index >= 15 is 0 Å². The van der Waals surface area contributed by atoms with Crippen molar-refractivity contribution in [3.63, 3.8) is 0 Å². The number of alkyl halides is 1. The highest BCUT2D eigenvalue weighted by molar-refractivity contribution is 6.19. The predicted molar refractivity (Wildman–Crippen MR) is 87.5 cm³/mol. The molecule has 0 amide bonds. The molecule has 0 aromatic heterocycles. The minimum Gasteiger partial charge on any atom is -0.491 e. The highest BCUT2D eigenvalue weighted by Gasteiger charge is 2.17. The van der Waals surface area contributed by atoms with Crippen LogP contribution in [0.15, 0.2) is 29.8 Å².